The number of sulfonamides is 1. The van der Waals surface area contributed by atoms with E-state index in [0.29, 0.717) is 5.75 Å². The maximum Gasteiger partial charge on any atom is 0.242 e. The van der Waals surface area contributed by atoms with Crippen LogP contribution in [-0.2, 0) is 14.8 Å². The van der Waals surface area contributed by atoms with Gasteiger partial charge in [0, 0.05) is 20.2 Å². The van der Waals surface area contributed by atoms with Crippen LogP contribution < -0.4 is 4.74 Å². The summed E-state index contributed by atoms with van der Waals surface area (Å²) in [6.07, 6.45) is 0. The highest BCUT2D eigenvalue weighted by atomic mass is 32.2. The van der Waals surface area contributed by atoms with E-state index in [4.69, 9.17) is 4.74 Å². The molecular weight excluding hydrogens is 242 g/mol. The molecule has 0 aliphatic rings. The highest BCUT2D eigenvalue weighted by Crippen LogP contribution is 2.19. The van der Waals surface area contributed by atoms with E-state index in [1.54, 1.807) is 12.1 Å². The summed E-state index contributed by atoms with van der Waals surface area (Å²) < 4.78 is 29.9. The van der Waals surface area contributed by atoms with Gasteiger partial charge in [0.25, 0.3) is 0 Å². The summed E-state index contributed by atoms with van der Waals surface area (Å²) in [4.78, 5) is 10.9. The third-order valence-corrected chi connectivity index (χ3v) is 3.84. The van der Waals surface area contributed by atoms with Crippen LogP contribution in [0.2, 0.25) is 0 Å². The van der Waals surface area contributed by atoms with Crippen molar-refractivity contribution in [3.63, 3.8) is 0 Å². The number of ketones is 1. The predicted octanol–water partition coefficient (Wildman–Crippen LogP) is 0.905. The van der Waals surface area contributed by atoms with Crippen molar-refractivity contribution in [3.8, 4) is 5.75 Å². The van der Waals surface area contributed by atoms with Crippen LogP contribution >= 0.6 is 0 Å². The molecular formula is C11H15NO4S. The molecule has 0 spiro atoms. The Labute approximate surface area is 101 Å². The summed E-state index contributed by atoms with van der Waals surface area (Å²) in [5.74, 6) is 0.244. The number of ether oxygens (including phenoxy) is 1. The van der Waals surface area contributed by atoms with Crippen LogP contribution in [0.5, 0.6) is 5.75 Å². The van der Waals surface area contributed by atoms with Crippen LogP contribution in [0.15, 0.2) is 29.2 Å². The van der Waals surface area contributed by atoms with E-state index in [9.17, 15) is 13.2 Å². The van der Waals surface area contributed by atoms with Gasteiger partial charge in [0.1, 0.15) is 12.4 Å². The monoisotopic (exact) mass is 257 g/mol. The molecule has 0 aliphatic carbocycles. The Morgan fingerprint density at radius 2 is 2.00 bits per heavy atom. The molecule has 5 nitrogen and oxygen atoms in total. The van der Waals surface area contributed by atoms with Gasteiger partial charge in [-0.15, -0.1) is 0 Å². The fourth-order valence-electron chi connectivity index (χ4n) is 1.12. The van der Waals surface area contributed by atoms with Crippen LogP contribution in [0.25, 0.3) is 0 Å². The molecule has 0 aromatic heterocycles. The molecule has 0 saturated heterocycles. The van der Waals surface area contributed by atoms with Gasteiger partial charge in [-0.3, -0.25) is 4.79 Å². The van der Waals surface area contributed by atoms with Crippen molar-refractivity contribution in [1.29, 1.82) is 0 Å². The van der Waals surface area contributed by atoms with Gasteiger partial charge >= 0.3 is 0 Å². The molecule has 0 aliphatic heterocycles. The van der Waals surface area contributed by atoms with E-state index < -0.39 is 10.0 Å². The van der Waals surface area contributed by atoms with Gasteiger partial charge in [-0.1, -0.05) is 6.07 Å². The standard InChI is InChI=1S/C11H15NO4S/c1-9(13)8-16-10-5-4-6-11(7-10)17(14,15)12(2)3/h4-7H,8H2,1-3H3. The first-order chi connectivity index (χ1) is 7.84. The van der Waals surface area contributed by atoms with Crippen LogP contribution in [0, 0.1) is 0 Å². The topological polar surface area (TPSA) is 63.7 Å². The van der Waals surface area contributed by atoms with E-state index in [1.165, 1.54) is 33.2 Å². The van der Waals surface area contributed by atoms with Crippen molar-refractivity contribution >= 4 is 15.8 Å². The normalized spacial score (nSPS) is 11.5. The summed E-state index contributed by atoms with van der Waals surface area (Å²) in [6.45, 7) is 1.34. The molecule has 0 N–H and O–H groups in total. The zero-order valence-corrected chi connectivity index (χ0v) is 10.8. The molecule has 1 aromatic carbocycles. The third kappa shape index (κ3) is 3.54. The van der Waals surface area contributed by atoms with E-state index >= 15 is 0 Å². The van der Waals surface area contributed by atoms with Gasteiger partial charge in [0.2, 0.25) is 10.0 Å². The number of Topliss-reactive ketones (excluding diaryl/α,β-unsaturated/α-hetero) is 1. The number of benzene rings is 1. The van der Waals surface area contributed by atoms with Crippen molar-refractivity contribution in [2.75, 3.05) is 20.7 Å². The minimum atomic E-state index is -3.47. The van der Waals surface area contributed by atoms with E-state index in [-0.39, 0.29) is 17.3 Å². The molecule has 1 aromatic rings. The zero-order chi connectivity index (χ0) is 13.1. The Morgan fingerprint density at radius 1 is 1.35 bits per heavy atom. The van der Waals surface area contributed by atoms with Gasteiger partial charge in [-0.25, -0.2) is 12.7 Å². The summed E-state index contributed by atoms with van der Waals surface area (Å²) in [5, 5.41) is 0. The molecule has 94 valence electrons. The molecule has 0 bridgehead atoms. The van der Waals surface area contributed by atoms with Crippen LogP contribution in [0.1, 0.15) is 6.92 Å². The second kappa shape index (κ2) is 5.29. The number of carbonyl (C=O) groups is 1. The Morgan fingerprint density at radius 3 is 2.53 bits per heavy atom. The fourth-order valence-corrected chi connectivity index (χ4v) is 2.06. The highest BCUT2D eigenvalue weighted by Gasteiger charge is 2.17. The molecule has 0 fully saturated rings. The Hall–Kier alpha value is -1.40. The number of rotatable bonds is 5. The quantitative estimate of drug-likeness (QED) is 0.786. The lowest BCUT2D eigenvalue weighted by molar-refractivity contribution is -0.118. The smallest absolute Gasteiger partial charge is 0.242 e. The SMILES string of the molecule is CC(=O)COc1cccc(S(=O)(=O)N(C)C)c1. The summed E-state index contributed by atoms with van der Waals surface area (Å²) in [7, 11) is -0.556. The Bertz CT molecular complexity index is 508. The van der Waals surface area contributed by atoms with Crippen molar-refractivity contribution in [2.24, 2.45) is 0 Å². The molecule has 0 amide bonds. The average molecular weight is 257 g/mol. The fraction of sp³-hybridized carbons (Fsp3) is 0.364. The minimum Gasteiger partial charge on any atom is -0.486 e. The molecule has 17 heavy (non-hydrogen) atoms. The maximum absolute atomic E-state index is 11.8. The van der Waals surface area contributed by atoms with Crippen LogP contribution in [0.3, 0.4) is 0 Å². The van der Waals surface area contributed by atoms with Gasteiger partial charge in [0.05, 0.1) is 4.90 Å². The predicted molar refractivity (Wildman–Crippen MR) is 63.5 cm³/mol. The van der Waals surface area contributed by atoms with Crippen LogP contribution in [-0.4, -0.2) is 39.2 Å². The highest BCUT2D eigenvalue weighted by molar-refractivity contribution is 7.89. The van der Waals surface area contributed by atoms with Crippen molar-refractivity contribution < 1.29 is 17.9 Å². The van der Waals surface area contributed by atoms with E-state index in [1.807, 2.05) is 0 Å². The third-order valence-electron chi connectivity index (χ3n) is 2.03. The summed E-state index contributed by atoms with van der Waals surface area (Å²) in [5.41, 5.74) is 0. The van der Waals surface area contributed by atoms with Gasteiger partial charge < -0.3 is 4.74 Å². The number of nitrogens with zero attached hydrogens (tertiary/aromatic N) is 1. The summed E-state index contributed by atoms with van der Waals surface area (Å²) >= 11 is 0. The minimum absolute atomic E-state index is 0.0640. The zero-order valence-electron chi connectivity index (χ0n) is 10.0. The van der Waals surface area contributed by atoms with Crippen molar-refractivity contribution in [1.82, 2.24) is 4.31 Å². The van der Waals surface area contributed by atoms with Crippen molar-refractivity contribution in [2.45, 2.75) is 11.8 Å². The second-order valence-corrected chi connectivity index (χ2v) is 5.90. The Kier molecular flexibility index (Phi) is 4.25. The largest absolute Gasteiger partial charge is 0.486 e. The number of hydrogen-bond acceptors (Lipinski definition) is 4. The van der Waals surface area contributed by atoms with Gasteiger partial charge in [-0.2, -0.15) is 0 Å². The summed E-state index contributed by atoms with van der Waals surface area (Å²) in [6, 6.07) is 6.07. The van der Waals surface area contributed by atoms with Crippen molar-refractivity contribution in [3.05, 3.63) is 24.3 Å². The van der Waals surface area contributed by atoms with Crippen LogP contribution in [0.4, 0.5) is 0 Å². The first-order valence-electron chi connectivity index (χ1n) is 4.99. The first-order valence-corrected chi connectivity index (χ1v) is 6.43. The average Bonchev–Trinajstić information content (AvgIpc) is 2.26. The molecule has 0 unspecified atom stereocenters. The number of hydrogen-bond donors (Lipinski definition) is 0. The van der Waals surface area contributed by atoms with Gasteiger partial charge in [0.15, 0.2) is 5.78 Å². The Balaban J connectivity index is 2.98. The molecule has 0 atom stereocenters. The molecule has 0 saturated carbocycles. The molecule has 6 heteroatoms. The van der Waals surface area contributed by atoms with Gasteiger partial charge in [-0.05, 0) is 19.1 Å². The first kappa shape index (κ1) is 13.7. The second-order valence-electron chi connectivity index (χ2n) is 3.75. The molecule has 0 radical (unpaired) electrons. The van der Waals surface area contributed by atoms with E-state index in [0.717, 1.165) is 4.31 Å². The molecule has 1 rings (SSSR count). The molecule has 0 heterocycles. The lowest BCUT2D eigenvalue weighted by atomic mass is 10.3. The number of carbonyl (C=O) groups excluding carboxylic acids is 1. The maximum atomic E-state index is 11.8. The van der Waals surface area contributed by atoms with E-state index in [2.05, 4.69) is 0 Å². The lowest BCUT2D eigenvalue weighted by Crippen LogP contribution is -2.22. The lowest BCUT2D eigenvalue weighted by Gasteiger charge is -2.12.